The molecule has 5 nitrogen and oxygen atoms in total. The van der Waals surface area contributed by atoms with E-state index in [1.165, 1.54) is 5.56 Å². The highest BCUT2D eigenvalue weighted by molar-refractivity contribution is 5.46. The van der Waals surface area contributed by atoms with Crippen LogP contribution in [0.5, 0.6) is 0 Å². The van der Waals surface area contributed by atoms with Gasteiger partial charge in [-0.2, -0.15) is 0 Å². The fraction of sp³-hybridized carbons (Fsp3) is 0.625. The van der Waals surface area contributed by atoms with Gasteiger partial charge in [0.2, 0.25) is 0 Å². The maximum absolute atomic E-state index is 5.97. The van der Waals surface area contributed by atoms with E-state index < -0.39 is 0 Å². The Morgan fingerprint density at radius 3 is 2.33 bits per heavy atom. The van der Waals surface area contributed by atoms with Crippen molar-refractivity contribution in [2.75, 3.05) is 59.0 Å². The van der Waals surface area contributed by atoms with E-state index in [1.807, 2.05) is 18.2 Å². The largest absolute Gasteiger partial charge is 0.398 e. The van der Waals surface area contributed by atoms with Crippen LogP contribution >= 0.6 is 0 Å². The second-order valence-electron chi connectivity index (χ2n) is 4.79. The summed E-state index contributed by atoms with van der Waals surface area (Å²) in [6.07, 6.45) is 0. The summed E-state index contributed by atoms with van der Waals surface area (Å²) in [5.74, 6) is 0. The fourth-order valence-electron chi connectivity index (χ4n) is 1.93. The van der Waals surface area contributed by atoms with E-state index in [4.69, 9.17) is 19.9 Å². The monoisotopic (exact) mass is 296 g/mol. The van der Waals surface area contributed by atoms with Crippen LogP contribution in [0.25, 0.3) is 0 Å². The Balaban J connectivity index is 2.13. The van der Waals surface area contributed by atoms with Crippen molar-refractivity contribution in [1.82, 2.24) is 4.90 Å². The molecule has 0 heterocycles. The number of anilines is 1. The SMILES string of the molecule is CCN(CCOCCOCCOC)Cc1ccccc1N. The maximum Gasteiger partial charge on any atom is 0.0701 e. The zero-order valence-corrected chi connectivity index (χ0v) is 13.2. The molecule has 0 atom stereocenters. The number of para-hydroxylation sites is 1. The summed E-state index contributed by atoms with van der Waals surface area (Å²) in [6.45, 7) is 8.05. The Morgan fingerprint density at radius 2 is 1.67 bits per heavy atom. The van der Waals surface area contributed by atoms with Gasteiger partial charge in [0.25, 0.3) is 0 Å². The van der Waals surface area contributed by atoms with Gasteiger partial charge in [-0.25, -0.2) is 0 Å². The molecule has 0 spiro atoms. The highest BCUT2D eigenvalue weighted by Gasteiger charge is 2.05. The number of nitrogens with two attached hydrogens (primary N) is 1. The van der Waals surface area contributed by atoms with Crippen LogP contribution in [0.4, 0.5) is 5.69 Å². The number of likely N-dealkylation sites (N-methyl/N-ethyl adjacent to an activating group) is 1. The minimum atomic E-state index is 0.612. The first-order valence-electron chi connectivity index (χ1n) is 7.48. The van der Waals surface area contributed by atoms with Crippen molar-refractivity contribution in [1.29, 1.82) is 0 Å². The third-order valence-electron chi connectivity index (χ3n) is 3.25. The molecule has 0 aromatic heterocycles. The van der Waals surface area contributed by atoms with E-state index in [9.17, 15) is 0 Å². The number of nitrogen functional groups attached to an aromatic ring is 1. The molecule has 0 amide bonds. The highest BCUT2D eigenvalue weighted by atomic mass is 16.5. The van der Waals surface area contributed by atoms with Gasteiger partial charge in [-0.3, -0.25) is 4.90 Å². The molecule has 0 saturated carbocycles. The van der Waals surface area contributed by atoms with Gasteiger partial charge in [0.15, 0.2) is 0 Å². The van der Waals surface area contributed by atoms with E-state index in [2.05, 4.69) is 17.9 Å². The molecule has 21 heavy (non-hydrogen) atoms. The quantitative estimate of drug-likeness (QED) is 0.470. The predicted octanol–water partition coefficient (Wildman–Crippen LogP) is 1.77. The van der Waals surface area contributed by atoms with Crippen LogP contribution in [0.15, 0.2) is 24.3 Å². The molecule has 0 fully saturated rings. The van der Waals surface area contributed by atoms with Gasteiger partial charge in [-0.15, -0.1) is 0 Å². The second-order valence-corrected chi connectivity index (χ2v) is 4.79. The predicted molar refractivity (Wildman–Crippen MR) is 85.3 cm³/mol. The summed E-state index contributed by atoms with van der Waals surface area (Å²) in [4.78, 5) is 2.32. The third-order valence-corrected chi connectivity index (χ3v) is 3.25. The van der Waals surface area contributed by atoms with E-state index in [-0.39, 0.29) is 0 Å². The van der Waals surface area contributed by atoms with Crippen LogP contribution in [0, 0.1) is 0 Å². The Labute approximate surface area is 128 Å². The Kier molecular flexibility index (Phi) is 9.82. The Hall–Kier alpha value is -1.14. The maximum atomic E-state index is 5.97. The van der Waals surface area contributed by atoms with Gasteiger partial charge in [-0.1, -0.05) is 25.1 Å². The first-order chi connectivity index (χ1) is 10.3. The first-order valence-corrected chi connectivity index (χ1v) is 7.48. The van der Waals surface area contributed by atoms with Crippen molar-refractivity contribution < 1.29 is 14.2 Å². The Morgan fingerprint density at radius 1 is 1.00 bits per heavy atom. The fourth-order valence-corrected chi connectivity index (χ4v) is 1.93. The number of nitrogens with zero attached hydrogens (tertiary/aromatic N) is 1. The summed E-state index contributed by atoms with van der Waals surface area (Å²) in [6, 6.07) is 7.99. The van der Waals surface area contributed by atoms with E-state index in [0.29, 0.717) is 33.0 Å². The summed E-state index contributed by atoms with van der Waals surface area (Å²) in [5.41, 5.74) is 7.99. The van der Waals surface area contributed by atoms with Crippen LogP contribution < -0.4 is 5.73 Å². The topological polar surface area (TPSA) is 57.0 Å². The van der Waals surface area contributed by atoms with Crippen molar-refractivity contribution in [2.45, 2.75) is 13.5 Å². The van der Waals surface area contributed by atoms with Crippen LogP contribution in [-0.4, -0.2) is 58.1 Å². The molecule has 2 N–H and O–H groups in total. The lowest BCUT2D eigenvalue weighted by molar-refractivity contribution is 0.0193. The molecule has 0 radical (unpaired) electrons. The molecule has 5 heteroatoms. The molecule has 0 saturated heterocycles. The number of methoxy groups -OCH3 is 1. The molecule has 0 aliphatic heterocycles. The molecular weight excluding hydrogens is 268 g/mol. The zero-order chi connectivity index (χ0) is 15.3. The lowest BCUT2D eigenvalue weighted by Gasteiger charge is -2.21. The van der Waals surface area contributed by atoms with Crippen molar-refractivity contribution in [3.8, 4) is 0 Å². The smallest absolute Gasteiger partial charge is 0.0701 e. The van der Waals surface area contributed by atoms with Crippen molar-refractivity contribution in [2.24, 2.45) is 0 Å². The summed E-state index contributed by atoms with van der Waals surface area (Å²) >= 11 is 0. The number of benzene rings is 1. The van der Waals surface area contributed by atoms with E-state index in [1.54, 1.807) is 7.11 Å². The number of rotatable bonds is 12. The van der Waals surface area contributed by atoms with Gasteiger partial charge in [0, 0.05) is 25.9 Å². The van der Waals surface area contributed by atoms with Gasteiger partial charge >= 0.3 is 0 Å². The molecule has 1 aromatic rings. The first kappa shape index (κ1) is 17.9. The average Bonchev–Trinajstić information content (AvgIpc) is 2.50. The number of ether oxygens (including phenoxy) is 3. The summed E-state index contributed by atoms with van der Waals surface area (Å²) in [5, 5.41) is 0. The minimum Gasteiger partial charge on any atom is -0.398 e. The van der Waals surface area contributed by atoms with Crippen LogP contribution in [0.1, 0.15) is 12.5 Å². The average molecular weight is 296 g/mol. The molecule has 0 aliphatic carbocycles. The molecule has 0 unspecified atom stereocenters. The van der Waals surface area contributed by atoms with Crippen LogP contribution in [0.2, 0.25) is 0 Å². The number of hydrogen-bond donors (Lipinski definition) is 1. The normalized spacial score (nSPS) is 11.2. The Bertz CT molecular complexity index is 374. The molecule has 1 rings (SSSR count). The van der Waals surface area contributed by atoms with Gasteiger partial charge in [0.05, 0.1) is 33.0 Å². The lowest BCUT2D eigenvalue weighted by atomic mass is 10.1. The molecule has 0 aliphatic rings. The van der Waals surface area contributed by atoms with Crippen molar-refractivity contribution in [3.05, 3.63) is 29.8 Å². The van der Waals surface area contributed by atoms with Crippen molar-refractivity contribution in [3.63, 3.8) is 0 Å². The van der Waals surface area contributed by atoms with E-state index >= 15 is 0 Å². The van der Waals surface area contributed by atoms with Gasteiger partial charge in [0.1, 0.15) is 0 Å². The van der Waals surface area contributed by atoms with E-state index in [0.717, 1.165) is 25.3 Å². The summed E-state index contributed by atoms with van der Waals surface area (Å²) in [7, 11) is 1.67. The standard InChI is InChI=1S/C16H28N2O3/c1-3-18(14-15-6-4-5-7-16(15)17)8-9-20-12-13-21-11-10-19-2/h4-7H,3,8-14,17H2,1-2H3. The zero-order valence-electron chi connectivity index (χ0n) is 13.2. The van der Waals surface area contributed by atoms with Crippen molar-refractivity contribution >= 4 is 5.69 Å². The lowest BCUT2D eigenvalue weighted by Crippen LogP contribution is -2.27. The van der Waals surface area contributed by atoms with Gasteiger partial charge < -0.3 is 19.9 Å². The third kappa shape index (κ3) is 8.02. The molecular formula is C16H28N2O3. The molecule has 120 valence electrons. The second kappa shape index (κ2) is 11.5. The van der Waals surface area contributed by atoms with Gasteiger partial charge in [-0.05, 0) is 18.2 Å². The highest BCUT2D eigenvalue weighted by Crippen LogP contribution is 2.12. The summed E-state index contributed by atoms with van der Waals surface area (Å²) < 4.78 is 15.8. The van der Waals surface area contributed by atoms with Crippen LogP contribution in [0.3, 0.4) is 0 Å². The minimum absolute atomic E-state index is 0.612. The molecule has 0 bridgehead atoms. The molecule has 1 aromatic carbocycles. The number of hydrogen-bond acceptors (Lipinski definition) is 5. The van der Waals surface area contributed by atoms with Crippen LogP contribution in [-0.2, 0) is 20.8 Å².